The van der Waals surface area contributed by atoms with E-state index in [4.69, 9.17) is 23.2 Å². The Bertz CT molecular complexity index is 267. The van der Waals surface area contributed by atoms with Crippen LogP contribution in [0.4, 0.5) is 0 Å². The molecule has 0 nitrogen and oxygen atoms in total. The summed E-state index contributed by atoms with van der Waals surface area (Å²) < 4.78 is 0. The highest BCUT2D eigenvalue weighted by molar-refractivity contribution is 6.35. The van der Waals surface area contributed by atoms with Gasteiger partial charge in [0.05, 0.1) is 0 Å². The first-order chi connectivity index (χ1) is 5.59. The third kappa shape index (κ3) is 2.69. The molecule has 2 heteroatoms. The summed E-state index contributed by atoms with van der Waals surface area (Å²) in [6.45, 7) is 4.34. The van der Waals surface area contributed by atoms with Crippen molar-refractivity contribution in [3.8, 4) is 0 Å². The Hall–Kier alpha value is -0.200. The lowest BCUT2D eigenvalue weighted by Crippen LogP contribution is -1.94. The van der Waals surface area contributed by atoms with Crippen LogP contribution in [-0.2, 0) is 6.42 Å². The van der Waals surface area contributed by atoms with Crippen LogP contribution in [0.1, 0.15) is 19.4 Å². The van der Waals surface area contributed by atoms with Gasteiger partial charge in [-0.25, -0.2) is 0 Å². The van der Waals surface area contributed by atoms with Crippen LogP contribution in [0.25, 0.3) is 0 Å². The van der Waals surface area contributed by atoms with Gasteiger partial charge in [0.25, 0.3) is 0 Å². The Kier molecular flexibility index (Phi) is 3.42. The predicted octanol–water partition coefficient (Wildman–Crippen LogP) is 4.19. The quantitative estimate of drug-likeness (QED) is 0.675. The number of halogens is 2. The SMILES string of the molecule is CC(C)Cc1ccc(Cl)cc1Cl. The van der Waals surface area contributed by atoms with Crippen LogP contribution in [0.3, 0.4) is 0 Å². The van der Waals surface area contributed by atoms with Crippen molar-refractivity contribution < 1.29 is 0 Å². The lowest BCUT2D eigenvalue weighted by Gasteiger charge is -2.06. The van der Waals surface area contributed by atoms with Crippen molar-refractivity contribution in [3.63, 3.8) is 0 Å². The van der Waals surface area contributed by atoms with E-state index in [1.54, 1.807) is 6.07 Å². The average molecular weight is 203 g/mol. The first-order valence-corrected chi connectivity index (χ1v) is 4.79. The molecule has 1 aromatic carbocycles. The van der Waals surface area contributed by atoms with E-state index in [0.29, 0.717) is 10.9 Å². The molecule has 0 heterocycles. The van der Waals surface area contributed by atoms with E-state index >= 15 is 0 Å². The zero-order chi connectivity index (χ0) is 9.14. The van der Waals surface area contributed by atoms with Crippen LogP contribution in [0.15, 0.2) is 18.2 Å². The average Bonchev–Trinajstić information content (AvgIpc) is 1.94. The molecule has 0 spiro atoms. The maximum absolute atomic E-state index is 5.99. The summed E-state index contributed by atoms with van der Waals surface area (Å²) >= 11 is 11.8. The van der Waals surface area contributed by atoms with Gasteiger partial charge in [0, 0.05) is 10.0 Å². The maximum Gasteiger partial charge on any atom is 0.0452 e. The van der Waals surface area contributed by atoms with Gasteiger partial charge < -0.3 is 0 Å². The second kappa shape index (κ2) is 4.15. The predicted molar refractivity (Wildman–Crippen MR) is 55.0 cm³/mol. The lowest BCUT2D eigenvalue weighted by atomic mass is 10.0. The molecule has 1 rings (SSSR count). The van der Waals surface area contributed by atoms with Gasteiger partial charge in [-0.3, -0.25) is 0 Å². The van der Waals surface area contributed by atoms with Crippen molar-refractivity contribution in [1.29, 1.82) is 0 Å². The summed E-state index contributed by atoms with van der Waals surface area (Å²) in [7, 11) is 0. The second-order valence-corrected chi connectivity index (χ2v) is 4.18. The molecule has 0 saturated carbocycles. The highest BCUT2D eigenvalue weighted by Gasteiger charge is 2.02. The molecular formula is C10H12Cl2. The summed E-state index contributed by atoms with van der Waals surface area (Å²) in [6, 6.07) is 5.66. The molecule has 0 aliphatic heterocycles. The molecule has 0 N–H and O–H groups in total. The van der Waals surface area contributed by atoms with Gasteiger partial charge >= 0.3 is 0 Å². The molecule has 0 aliphatic carbocycles. The maximum atomic E-state index is 5.99. The van der Waals surface area contributed by atoms with Crippen molar-refractivity contribution >= 4 is 23.2 Å². The minimum absolute atomic E-state index is 0.628. The highest BCUT2D eigenvalue weighted by atomic mass is 35.5. The van der Waals surface area contributed by atoms with Gasteiger partial charge in [-0.05, 0) is 30.0 Å². The van der Waals surface area contributed by atoms with Gasteiger partial charge in [0.2, 0.25) is 0 Å². The van der Waals surface area contributed by atoms with E-state index < -0.39 is 0 Å². The van der Waals surface area contributed by atoms with Gasteiger partial charge in [-0.2, -0.15) is 0 Å². The van der Waals surface area contributed by atoms with E-state index in [1.165, 1.54) is 5.56 Å². The third-order valence-electron chi connectivity index (χ3n) is 1.64. The zero-order valence-electron chi connectivity index (χ0n) is 7.27. The Balaban J connectivity index is 2.86. The van der Waals surface area contributed by atoms with Crippen LogP contribution in [-0.4, -0.2) is 0 Å². The third-order valence-corrected chi connectivity index (χ3v) is 2.23. The topological polar surface area (TPSA) is 0 Å². The second-order valence-electron chi connectivity index (χ2n) is 3.33. The molecule has 66 valence electrons. The molecule has 1 aromatic rings. The van der Waals surface area contributed by atoms with Gasteiger partial charge in [-0.1, -0.05) is 43.1 Å². The van der Waals surface area contributed by atoms with E-state index in [-0.39, 0.29) is 0 Å². The number of hydrogen-bond donors (Lipinski definition) is 0. The minimum Gasteiger partial charge on any atom is -0.0843 e. The Morgan fingerprint density at radius 2 is 1.92 bits per heavy atom. The number of hydrogen-bond acceptors (Lipinski definition) is 0. The zero-order valence-corrected chi connectivity index (χ0v) is 8.78. The van der Waals surface area contributed by atoms with Crippen molar-refractivity contribution in [2.75, 3.05) is 0 Å². The summed E-state index contributed by atoms with van der Waals surface area (Å²) in [4.78, 5) is 0. The van der Waals surface area contributed by atoms with E-state index in [2.05, 4.69) is 13.8 Å². The number of rotatable bonds is 2. The minimum atomic E-state index is 0.628. The Morgan fingerprint density at radius 1 is 1.25 bits per heavy atom. The fourth-order valence-electron chi connectivity index (χ4n) is 1.13. The first kappa shape index (κ1) is 9.88. The number of benzene rings is 1. The van der Waals surface area contributed by atoms with E-state index in [0.717, 1.165) is 11.4 Å². The lowest BCUT2D eigenvalue weighted by molar-refractivity contribution is 0.647. The fraction of sp³-hybridized carbons (Fsp3) is 0.400. The molecule has 12 heavy (non-hydrogen) atoms. The van der Waals surface area contributed by atoms with Crippen LogP contribution < -0.4 is 0 Å². The van der Waals surface area contributed by atoms with Crippen LogP contribution in [0.2, 0.25) is 10.0 Å². The molecule has 0 aromatic heterocycles. The molecule has 0 aliphatic rings. The van der Waals surface area contributed by atoms with Crippen molar-refractivity contribution in [2.24, 2.45) is 5.92 Å². The van der Waals surface area contributed by atoms with Crippen LogP contribution in [0.5, 0.6) is 0 Å². The summed E-state index contributed by atoms with van der Waals surface area (Å²) in [5, 5.41) is 1.48. The Morgan fingerprint density at radius 3 is 2.42 bits per heavy atom. The van der Waals surface area contributed by atoms with Gasteiger partial charge in [0.1, 0.15) is 0 Å². The van der Waals surface area contributed by atoms with E-state index in [1.807, 2.05) is 12.1 Å². The molecule has 0 radical (unpaired) electrons. The van der Waals surface area contributed by atoms with Crippen molar-refractivity contribution in [2.45, 2.75) is 20.3 Å². The molecule has 0 saturated heterocycles. The normalized spacial score (nSPS) is 10.8. The largest absolute Gasteiger partial charge is 0.0843 e. The summed E-state index contributed by atoms with van der Waals surface area (Å²) in [6.07, 6.45) is 1.01. The van der Waals surface area contributed by atoms with Crippen LogP contribution >= 0.6 is 23.2 Å². The molecule has 0 amide bonds. The fourth-order valence-corrected chi connectivity index (χ4v) is 1.61. The summed E-state index contributed by atoms with van der Waals surface area (Å²) in [5.74, 6) is 0.628. The standard InChI is InChI=1S/C10H12Cl2/c1-7(2)5-8-3-4-9(11)6-10(8)12/h3-4,6-7H,5H2,1-2H3. The first-order valence-electron chi connectivity index (χ1n) is 4.03. The molecule has 0 bridgehead atoms. The van der Waals surface area contributed by atoms with Crippen LogP contribution in [0, 0.1) is 5.92 Å². The van der Waals surface area contributed by atoms with Gasteiger partial charge in [-0.15, -0.1) is 0 Å². The molecule has 0 fully saturated rings. The van der Waals surface area contributed by atoms with E-state index in [9.17, 15) is 0 Å². The Labute approximate surface area is 83.5 Å². The van der Waals surface area contributed by atoms with Crippen molar-refractivity contribution in [3.05, 3.63) is 33.8 Å². The highest BCUT2D eigenvalue weighted by Crippen LogP contribution is 2.22. The smallest absolute Gasteiger partial charge is 0.0452 e. The van der Waals surface area contributed by atoms with Crippen molar-refractivity contribution in [1.82, 2.24) is 0 Å². The van der Waals surface area contributed by atoms with Gasteiger partial charge in [0.15, 0.2) is 0 Å². The molecular weight excluding hydrogens is 191 g/mol. The monoisotopic (exact) mass is 202 g/mol. The molecule has 0 atom stereocenters. The molecule has 0 unspecified atom stereocenters. The summed E-state index contributed by atoms with van der Waals surface area (Å²) in [5.41, 5.74) is 1.18.